The summed E-state index contributed by atoms with van der Waals surface area (Å²) >= 11 is 5.23. The fraction of sp³-hybridized carbons (Fsp3) is 0.261. The number of fused-ring (bicyclic) bond motifs is 3. The standard InChI is InChI=1S/C46H47N3S/c1-44(2,3)32-25-36(43(50)37(26-32)46(7,8)9)39-27-33(45(4,5)6)28-42(48-39)49-40-18-14-13-17-34(40)35-20-19-31(24-41(35)49)38-23-30(21-22-47-38)29-15-11-10-12-16-29/h10-28,50H,1-9H3. The number of benzene rings is 4. The van der Waals surface area contributed by atoms with Gasteiger partial charge in [0, 0.05) is 33.0 Å². The van der Waals surface area contributed by atoms with Gasteiger partial charge in [0.2, 0.25) is 0 Å². The lowest BCUT2D eigenvalue weighted by Gasteiger charge is -2.29. The van der Waals surface area contributed by atoms with E-state index in [2.05, 4.69) is 170 Å². The van der Waals surface area contributed by atoms with Crippen LogP contribution in [0.5, 0.6) is 0 Å². The average molecular weight is 674 g/mol. The van der Waals surface area contributed by atoms with E-state index in [1.165, 1.54) is 33.0 Å². The highest BCUT2D eigenvalue weighted by Crippen LogP contribution is 2.42. The maximum absolute atomic E-state index is 5.52. The molecule has 0 aliphatic rings. The van der Waals surface area contributed by atoms with Crippen LogP contribution in [0.15, 0.2) is 120 Å². The van der Waals surface area contributed by atoms with Crippen molar-refractivity contribution < 1.29 is 0 Å². The van der Waals surface area contributed by atoms with E-state index in [4.69, 9.17) is 22.6 Å². The first-order valence-corrected chi connectivity index (χ1v) is 18.0. The Labute approximate surface area is 302 Å². The van der Waals surface area contributed by atoms with Crippen molar-refractivity contribution in [1.82, 2.24) is 14.5 Å². The second-order valence-corrected chi connectivity index (χ2v) is 17.1. The lowest BCUT2D eigenvalue weighted by atomic mass is 9.78. The second kappa shape index (κ2) is 12.3. The van der Waals surface area contributed by atoms with Gasteiger partial charge in [-0.15, -0.1) is 12.6 Å². The summed E-state index contributed by atoms with van der Waals surface area (Å²) in [5, 5.41) is 2.39. The predicted octanol–water partition coefficient (Wildman–Crippen LogP) is 12.8. The van der Waals surface area contributed by atoms with Crippen LogP contribution in [0.25, 0.3) is 61.3 Å². The van der Waals surface area contributed by atoms with E-state index in [0.717, 1.165) is 49.8 Å². The molecule has 0 N–H and O–H groups in total. The second-order valence-electron chi connectivity index (χ2n) is 16.6. The van der Waals surface area contributed by atoms with E-state index in [1.807, 2.05) is 12.3 Å². The summed E-state index contributed by atoms with van der Waals surface area (Å²) in [6.07, 6.45) is 1.91. The van der Waals surface area contributed by atoms with Crippen LogP contribution in [0.3, 0.4) is 0 Å². The minimum Gasteiger partial charge on any atom is -0.294 e. The summed E-state index contributed by atoms with van der Waals surface area (Å²) in [5.41, 5.74) is 12.1. The van der Waals surface area contributed by atoms with Crippen LogP contribution < -0.4 is 0 Å². The SMILES string of the molecule is CC(C)(C)c1cc(-c2cc(C(C)(C)C)cc(C(C)(C)C)c2S)nc(-n2c3ccccc3c3ccc(-c4cc(-c5ccccc5)ccn4)cc32)c1. The quantitative estimate of drug-likeness (QED) is 0.189. The van der Waals surface area contributed by atoms with Crippen molar-refractivity contribution in [2.45, 2.75) is 83.5 Å². The zero-order chi connectivity index (χ0) is 35.6. The first kappa shape index (κ1) is 33.8. The Bertz CT molecular complexity index is 2380. The minimum atomic E-state index is -0.108. The fourth-order valence-corrected chi connectivity index (χ4v) is 7.39. The average Bonchev–Trinajstić information content (AvgIpc) is 3.41. The van der Waals surface area contributed by atoms with Crippen LogP contribution in [0.1, 0.15) is 79.0 Å². The normalized spacial score (nSPS) is 12.6. The molecule has 7 aromatic rings. The summed E-state index contributed by atoms with van der Waals surface area (Å²) < 4.78 is 2.34. The first-order chi connectivity index (χ1) is 23.6. The van der Waals surface area contributed by atoms with Crippen molar-refractivity contribution in [1.29, 1.82) is 0 Å². The van der Waals surface area contributed by atoms with Gasteiger partial charge in [-0.05, 0) is 86.5 Å². The summed E-state index contributed by atoms with van der Waals surface area (Å²) in [6.45, 7) is 20.5. The molecule has 0 radical (unpaired) electrons. The highest BCUT2D eigenvalue weighted by Gasteiger charge is 2.27. The van der Waals surface area contributed by atoms with Gasteiger partial charge in [0.15, 0.2) is 0 Å². The van der Waals surface area contributed by atoms with Crippen LogP contribution in [-0.2, 0) is 16.2 Å². The number of thiol groups is 1. The number of rotatable bonds is 4. The number of pyridine rings is 2. The summed E-state index contributed by atoms with van der Waals surface area (Å²) in [5.74, 6) is 0.896. The molecule has 4 heteroatoms. The Morgan fingerprint density at radius 2 is 1.18 bits per heavy atom. The summed E-state index contributed by atoms with van der Waals surface area (Å²) in [6, 6.07) is 39.3. The van der Waals surface area contributed by atoms with Gasteiger partial charge in [-0.2, -0.15) is 0 Å². The van der Waals surface area contributed by atoms with E-state index in [9.17, 15) is 0 Å². The molecule has 4 aromatic carbocycles. The zero-order valence-electron chi connectivity index (χ0n) is 30.8. The van der Waals surface area contributed by atoms with Crippen molar-refractivity contribution in [2.75, 3.05) is 0 Å². The molecule has 0 bridgehead atoms. The Morgan fingerprint density at radius 1 is 0.520 bits per heavy atom. The summed E-state index contributed by atoms with van der Waals surface area (Å²) in [7, 11) is 0. The van der Waals surface area contributed by atoms with Crippen molar-refractivity contribution in [2.24, 2.45) is 0 Å². The number of hydrogen-bond donors (Lipinski definition) is 1. The molecule has 0 amide bonds. The molecular formula is C46H47N3S. The molecule has 0 fully saturated rings. The number of hydrogen-bond acceptors (Lipinski definition) is 3. The Balaban J connectivity index is 1.50. The van der Waals surface area contributed by atoms with E-state index in [0.29, 0.717) is 0 Å². The third-order valence-electron chi connectivity index (χ3n) is 9.80. The smallest absolute Gasteiger partial charge is 0.138 e. The monoisotopic (exact) mass is 673 g/mol. The van der Waals surface area contributed by atoms with Gasteiger partial charge in [0.05, 0.1) is 22.4 Å². The lowest BCUT2D eigenvalue weighted by molar-refractivity contribution is 0.560. The van der Waals surface area contributed by atoms with E-state index in [-0.39, 0.29) is 16.2 Å². The molecule has 0 saturated carbocycles. The van der Waals surface area contributed by atoms with E-state index in [1.54, 1.807) is 0 Å². The molecule has 3 nitrogen and oxygen atoms in total. The topological polar surface area (TPSA) is 30.7 Å². The minimum absolute atomic E-state index is 0.0320. The zero-order valence-corrected chi connectivity index (χ0v) is 31.7. The number of aromatic nitrogens is 3. The maximum atomic E-state index is 5.52. The van der Waals surface area contributed by atoms with Gasteiger partial charge < -0.3 is 0 Å². The third-order valence-corrected chi connectivity index (χ3v) is 10.3. The first-order valence-electron chi connectivity index (χ1n) is 17.6. The van der Waals surface area contributed by atoms with Crippen LogP contribution >= 0.6 is 12.6 Å². The third kappa shape index (κ3) is 6.26. The van der Waals surface area contributed by atoms with Crippen LogP contribution in [0.4, 0.5) is 0 Å². The Kier molecular flexibility index (Phi) is 8.30. The Morgan fingerprint density at radius 3 is 1.88 bits per heavy atom. The lowest BCUT2D eigenvalue weighted by Crippen LogP contribution is -2.18. The molecule has 0 aliphatic carbocycles. The van der Waals surface area contributed by atoms with Gasteiger partial charge in [-0.3, -0.25) is 9.55 Å². The van der Waals surface area contributed by atoms with Crippen LogP contribution in [0, 0.1) is 0 Å². The molecule has 7 rings (SSSR count). The van der Waals surface area contributed by atoms with Crippen molar-refractivity contribution in [3.8, 4) is 39.5 Å². The van der Waals surface area contributed by atoms with Crippen LogP contribution in [0.2, 0.25) is 0 Å². The van der Waals surface area contributed by atoms with E-state index < -0.39 is 0 Å². The summed E-state index contributed by atoms with van der Waals surface area (Å²) in [4.78, 5) is 11.3. The van der Waals surface area contributed by atoms with Gasteiger partial charge in [0.1, 0.15) is 5.82 Å². The molecular weight excluding hydrogens is 627 g/mol. The fourth-order valence-electron chi connectivity index (χ4n) is 6.81. The van der Waals surface area contributed by atoms with Crippen LogP contribution in [-0.4, -0.2) is 14.5 Å². The van der Waals surface area contributed by atoms with Crippen molar-refractivity contribution in [3.05, 3.63) is 132 Å². The largest absolute Gasteiger partial charge is 0.294 e. The van der Waals surface area contributed by atoms with Gasteiger partial charge in [-0.1, -0.05) is 129 Å². The molecule has 0 spiro atoms. The van der Waals surface area contributed by atoms with Gasteiger partial charge in [-0.25, -0.2) is 4.98 Å². The molecule has 252 valence electrons. The molecule has 0 aliphatic heterocycles. The van der Waals surface area contributed by atoms with Gasteiger partial charge >= 0.3 is 0 Å². The highest BCUT2D eigenvalue weighted by molar-refractivity contribution is 7.80. The predicted molar refractivity (Wildman–Crippen MR) is 216 cm³/mol. The van der Waals surface area contributed by atoms with Gasteiger partial charge in [0.25, 0.3) is 0 Å². The number of para-hydroxylation sites is 1. The van der Waals surface area contributed by atoms with Crippen molar-refractivity contribution in [3.63, 3.8) is 0 Å². The number of nitrogens with zero attached hydrogens (tertiary/aromatic N) is 3. The molecule has 3 heterocycles. The Hall–Kier alpha value is -4.67. The van der Waals surface area contributed by atoms with Crippen molar-refractivity contribution >= 4 is 34.4 Å². The molecule has 0 unspecified atom stereocenters. The highest BCUT2D eigenvalue weighted by atomic mass is 32.1. The maximum Gasteiger partial charge on any atom is 0.138 e. The van der Waals surface area contributed by atoms with E-state index >= 15 is 0 Å². The molecule has 3 aromatic heterocycles. The molecule has 50 heavy (non-hydrogen) atoms. The molecule has 0 atom stereocenters. The molecule has 0 saturated heterocycles.